The van der Waals surface area contributed by atoms with Gasteiger partial charge in [0.25, 0.3) is 5.69 Å². The van der Waals surface area contributed by atoms with Gasteiger partial charge in [-0.3, -0.25) is 10.1 Å². The molecule has 0 aliphatic heterocycles. The Balaban J connectivity index is 1.69. The summed E-state index contributed by atoms with van der Waals surface area (Å²) in [5, 5.41) is 14.2. The van der Waals surface area contributed by atoms with Crippen LogP contribution in [0.15, 0.2) is 41.0 Å². The van der Waals surface area contributed by atoms with Crippen molar-refractivity contribution in [2.45, 2.75) is 31.8 Å². The molecule has 1 aromatic carbocycles. The highest BCUT2D eigenvalue weighted by molar-refractivity contribution is 5.34. The van der Waals surface area contributed by atoms with Crippen molar-refractivity contribution >= 4 is 5.69 Å². The molecule has 20 heavy (non-hydrogen) atoms. The van der Waals surface area contributed by atoms with E-state index in [-0.39, 0.29) is 16.7 Å². The van der Waals surface area contributed by atoms with Gasteiger partial charge in [-0.05, 0) is 24.5 Å². The van der Waals surface area contributed by atoms with Crippen molar-refractivity contribution in [1.82, 2.24) is 5.32 Å². The number of non-ortho nitro benzene ring substituents is 1. The number of fused-ring (bicyclic) bond motifs is 1. The molecular formula is C15H16N2O3. The SMILES string of the molecule is O=[N+]([O-])c1cccc(CNC2CCCc3occc32)c1. The number of nitrogens with zero attached hydrogens (tertiary/aromatic N) is 1. The minimum Gasteiger partial charge on any atom is -0.469 e. The Morgan fingerprint density at radius 1 is 1.40 bits per heavy atom. The summed E-state index contributed by atoms with van der Waals surface area (Å²) in [5.74, 6) is 1.06. The fourth-order valence-electron chi connectivity index (χ4n) is 2.72. The van der Waals surface area contributed by atoms with Crippen molar-refractivity contribution in [3.63, 3.8) is 0 Å². The number of nitro groups is 1. The second-order valence-electron chi connectivity index (χ2n) is 5.05. The molecule has 104 valence electrons. The molecule has 0 bridgehead atoms. The largest absolute Gasteiger partial charge is 0.469 e. The maximum absolute atomic E-state index is 10.8. The maximum atomic E-state index is 10.8. The third-order valence-corrected chi connectivity index (χ3v) is 3.73. The molecule has 1 atom stereocenters. The summed E-state index contributed by atoms with van der Waals surface area (Å²) >= 11 is 0. The second-order valence-corrected chi connectivity index (χ2v) is 5.05. The van der Waals surface area contributed by atoms with Gasteiger partial charge in [-0.1, -0.05) is 12.1 Å². The van der Waals surface area contributed by atoms with E-state index in [0.717, 1.165) is 30.6 Å². The van der Waals surface area contributed by atoms with Gasteiger partial charge in [0.05, 0.1) is 11.2 Å². The van der Waals surface area contributed by atoms with Crippen LogP contribution in [-0.2, 0) is 13.0 Å². The minimum atomic E-state index is -0.363. The van der Waals surface area contributed by atoms with Crippen molar-refractivity contribution in [2.24, 2.45) is 0 Å². The van der Waals surface area contributed by atoms with Crippen molar-refractivity contribution in [3.8, 4) is 0 Å². The van der Waals surface area contributed by atoms with Crippen LogP contribution >= 0.6 is 0 Å². The molecule has 0 saturated heterocycles. The number of furan rings is 1. The van der Waals surface area contributed by atoms with Gasteiger partial charge in [0.15, 0.2) is 0 Å². The average Bonchev–Trinajstić information content (AvgIpc) is 2.94. The fourth-order valence-corrected chi connectivity index (χ4v) is 2.72. The topological polar surface area (TPSA) is 68.3 Å². The van der Waals surface area contributed by atoms with Crippen LogP contribution in [0.3, 0.4) is 0 Å². The first-order chi connectivity index (χ1) is 9.74. The molecule has 2 aromatic rings. The molecule has 1 aliphatic rings. The van der Waals surface area contributed by atoms with E-state index in [9.17, 15) is 10.1 Å². The summed E-state index contributed by atoms with van der Waals surface area (Å²) in [6, 6.07) is 9.04. The van der Waals surface area contributed by atoms with Crippen LogP contribution in [0.4, 0.5) is 5.69 Å². The molecule has 0 saturated carbocycles. The summed E-state index contributed by atoms with van der Waals surface area (Å²) in [6.45, 7) is 0.622. The zero-order chi connectivity index (χ0) is 13.9. The number of aryl methyl sites for hydroxylation is 1. The Labute approximate surface area is 116 Å². The lowest BCUT2D eigenvalue weighted by molar-refractivity contribution is -0.384. The first-order valence-corrected chi connectivity index (χ1v) is 6.77. The molecular weight excluding hydrogens is 256 g/mol. The number of rotatable bonds is 4. The normalized spacial score (nSPS) is 17.7. The Kier molecular flexibility index (Phi) is 3.52. The maximum Gasteiger partial charge on any atom is 0.269 e. The molecule has 1 aromatic heterocycles. The van der Waals surface area contributed by atoms with Gasteiger partial charge in [0, 0.05) is 36.7 Å². The van der Waals surface area contributed by atoms with Crippen molar-refractivity contribution < 1.29 is 9.34 Å². The molecule has 0 fully saturated rings. The summed E-state index contributed by atoms with van der Waals surface area (Å²) < 4.78 is 5.46. The molecule has 3 rings (SSSR count). The number of nitro benzene ring substituents is 1. The summed E-state index contributed by atoms with van der Waals surface area (Å²) in [6.07, 6.45) is 4.91. The first-order valence-electron chi connectivity index (χ1n) is 6.77. The number of hydrogen-bond acceptors (Lipinski definition) is 4. The van der Waals surface area contributed by atoms with Gasteiger partial charge in [-0.15, -0.1) is 0 Å². The van der Waals surface area contributed by atoms with E-state index in [1.165, 1.54) is 11.6 Å². The Hall–Kier alpha value is -2.14. The highest BCUT2D eigenvalue weighted by Crippen LogP contribution is 2.30. The molecule has 5 heteroatoms. The Morgan fingerprint density at radius 3 is 3.15 bits per heavy atom. The van der Waals surface area contributed by atoms with Crippen LogP contribution in [0.2, 0.25) is 0 Å². The first kappa shape index (κ1) is 12.9. The number of hydrogen-bond donors (Lipinski definition) is 1. The van der Waals surface area contributed by atoms with E-state index in [1.807, 2.05) is 12.1 Å². The van der Waals surface area contributed by atoms with E-state index in [0.29, 0.717) is 6.54 Å². The molecule has 1 unspecified atom stereocenters. The third kappa shape index (κ3) is 2.58. The molecule has 0 amide bonds. The Bertz CT molecular complexity index is 621. The van der Waals surface area contributed by atoms with Crippen LogP contribution < -0.4 is 5.32 Å². The van der Waals surface area contributed by atoms with Gasteiger partial charge >= 0.3 is 0 Å². The van der Waals surface area contributed by atoms with Crippen molar-refractivity contribution in [3.05, 3.63) is 63.6 Å². The second kappa shape index (κ2) is 5.46. The fraction of sp³-hybridized carbons (Fsp3) is 0.333. The lowest BCUT2D eigenvalue weighted by atomic mass is 9.93. The van der Waals surface area contributed by atoms with Gasteiger partial charge in [-0.2, -0.15) is 0 Å². The molecule has 1 heterocycles. The lowest BCUT2D eigenvalue weighted by Crippen LogP contribution is -2.24. The van der Waals surface area contributed by atoms with Gasteiger partial charge in [0.2, 0.25) is 0 Å². The zero-order valence-electron chi connectivity index (χ0n) is 11.0. The van der Waals surface area contributed by atoms with Crippen LogP contribution in [0.25, 0.3) is 0 Å². The van der Waals surface area contributed by atoms with Crippen LogP contribution in [0.1, 0.15) is 35.8 Å². The van der Waals surface area contributed by atoms with E-state index in [4.69, 9.17) is 4.42 Å². The van der Waals surface area contributed by atoms with Crippen molar-refractivity contribution in [1.29, 1.82) is 0 Å². The monoisotopic (exact) mass is 272 g/mol. The molecule has 5 nitrogen and oxygen atoms in total. The average molecular weight is 272 g/mol. The molecule has 0 spiro atoms. The number of benzene rings is 1. The quantitative estimate of drug-likeness (QED) is 0.684. The third-order valence-electron chi connectivity index (χ3n) is 3.73. The van der Waals surface area contributed by atoms with Crippen LogP contribution in [0, 0.1) is 10.1 Å². The number of nitrogens with one attached hydrogen (secondary N) is 1. The molecule has 1 N–H and O–H groups in total. The molecule has 0 radical (unpaired) electrons. The minimum absolute atomic E-state index is 0.136. The summed E-state index contributed by atoms with van der Waals surface area (Å²) in [4.78, 5) is 10.4. The van der Waals surface area contributed by atoms with Crippen LogP contribution in [-0.4, -0.2) is 4.92 Å². The van der Waals surface area contributed by atoms with E-state index in [1.54, 1.807) is 18.4 Å². The predicted molar refractivity (Wildman–Crippen MR) is 74.3 cm³/mol. The van der Waals surface area contributed by atoms with E-state index >= 15 is 0 Å². The van der Waals surface area contributed by atoms with Gasteiger partial charge < -0.3 is 9.73 Å². The van der Waals surface area contributed by atoms with Gasteiger partial charge in [-0.25, -0.2) is 0 Å². The smallest absolute Gasteiger partial charge is 0.269 e. The summed E-state index contributed by atoms with van der Waals surface area (Å²) in [7, 11) is 0. The zero-order valence-corrected chi connectivity index (χ0v) is 11.0. The standard InChI is InChI=1S/C15H16N2O3/c18-17(19)12-4-1-3-11(9-12)10-16-14-5-2-6-15-13(14)7-8-20-15/h1,3-4,7-9,14,16H,2,5-6,10H2. The van der Waals surface area contributed by atoms with E-state index < -0.39 is 0 Å². The lowest BCUT2D eigenvalue weighted by Gasteiger charge is -2.22. The summed E-state index contributed by atoms with van der Waals surface area (Å²) in [5.41, 5.74) is 2.29. The Morgan fingerprint density at radius 2 is 2.30 bits per heavy atom. The van der Waals surface area contributed by atoms with Gasteiger partial charge in [0.1, 0.15) is 5.76 Å². The predicted octanol–water partition coefficient (Wildman–Crippen LogP) is 3.36. The van der Waals surface area contributed by atoms with Crippen molar-refractivity contribution in [2.75, 3.05) is 0 Å². The molecule has 1 aliphatic carbocycles. The van der Waals surface area contributed by atoms with Crippen LogP contribution in [0.5, 0.6) is 0 Å². The van der Waals surface area contributed by atoms with E-state index in [2.05, 4.69) is 5.32 Å². The highest BCUT2D eigenvalue weighted by atomic mass is 16.6. The highest BCUT2D eigenvalue weighted by Gasteiger charge is 2.22.